The zero-order valence-corrected chi connectivity index (χ0v) is 13.2. The van der Waals surface area contributed by atoms with Crippen LogP contribution >= 0.6 is 0 Å². The van der Waals surface area contributed by atoms with Crippen molar-refractivity contribution in [1.82, 2.24) is 19.9 Å². The second kappa shape index (κ2) is 5.92. The molecule has 7 heteroatoms. The summed E-state index contributed by atoms with van der Waals surface area (Å²) in [7, 11) is 0. The Kier molecular flexibility index (Phi) is 3.60. The van der Waals surface area contributed by atoms with E-state index < -0.39 is 0 Å². The number of nitrogens with zero attached hydrogens (tertiary/aromatic N) is 4. The molecule has 1 aromatic carbocycles. The molecule has 2 aromatic heterocycles. The molecule has 0 aliphatic carbocycles. The predicted octanol–water partition coefficient (Wildman–Crippen LogP) is 1.98. The van der Waals surface area contributed by atoms with E-state index in [1.807, 2.05) is 24.3 Å². The van der Waals surface area contributed by atoms with Crippen LogP contribution in [0.4, 0.5) is 0 Å². The Labute approximate surface area is 137 Å². The molecule has 0 atom stereocenters. The summed E-state index contributed by atoms with van der Waals surface area (Å²) in [6, 6.07) is 7.69. The van der Waals surface area contributed by atoms with Gasteiger partial charge in [-0.3, -0.25) is 4.79 Å². The van der Waals surface area contributed by atoms with Crippen LogP contribution in [0, 0.1) is 6.92 Å². The first-order chi connectivity index (χ1) is 11.7. The van der Waals surface area contributed by atoms with Gasteiger partial charge in [0.25, 0.3) is 5.56 Å². The molecule has 24 heavy (non-hydrogen) atoms. The molecular formula is C17H16N4O3. The van der Waals surface area contributed by atoms with E-state index >= 15 is 0 Å². The summed E-state index contributed by atoms with van der Waals surface area (Å²) in [5, 5.41) is 8.10. The molecule has 3 heterocycles. The van der Waals surface area contributed by atoms with Gasteiger partial charge < -0.3 is 9.26 Å². The van der Waals surface area contributed by atoms with E-state index in [4.69, 9.17) is 9.26 Å². The second-order valence-electron chi connectivity index (χ2n) is 5.74. The molecule has 0 saturated carbocycles. The largest absolute Gasteiger partial charge is 0.491 e. The zero-order valence-electron chi connectivity index (χ0n) is 13.2. The lowest BCUT2D eigenvalue weighted by Gasteiger charge is -2.17. The van der Waals surface area contributed by atoms with Crippen LogP contribution < -0.4 is 10.3 Å². The van der Waals surface area contributed by atoms with Gasteiger partial charge in [0.05, 0.1) is 24.9 Å². The minimum absolute atomic E-state index is 0.0786. The van der Waals surface area contributed by atoms with Crippen molar-refractivity contribution in [2.75, 3.05) is 6.61 Å². The highest BCUT2D eigenvalue weighted by Gasteiger charge is 2.16. The Morgan fingerprint density at radius 1 is 1.25 bits per heavy atom. The highest BCUT2D eigenvalue weighted by molar-refractivity contribution is 5.54. The Bertz CT molecular complexity index is 928. The lowest BCUT2D eigenvalue weighted by atomic mass is 10.1. The van der Waals surface area contributed by atoms with Crippen LogP contribution in [0.3, 0.4) is 0 Å². The SMILES string of the molecule is Cc1nc(-c2ccc(Cn3ncc4c(c3=O)CCCO4)cc2)no1. The third-order valence-electron chi connectivity index (χ3n) is 4.01. The van der Waals surface area contributed by atoms with Crippen molar-refractivity contribution < 1.29 is 9.26 Å². The van der Waals surface area contributed by atoms with E-state index in [1.54, 1.807) is 13.1 Å². The fourth-order valence-electron chi connectivity index (χ4n) is 2.76. The molecule has 0 radical (unpaired) electrons. The van der Waals surface area contributed by atoms with Crippen LogP contribution in [0.5, 0.6) is 5.75 Å². The summed E-state index contributed by atoms with van der Waals surface area (Å²) in [4.78, 5) is 16.7. The maximum Gasteiger partial charge on any atom is 0.274 e. The van der Waals surface area contributed by atoms with Gasteiger partial charge in [0.15, 0.2) is 0 Å². The van der Waals surface area contributed by atoms with E-state index in [9.17, 15) is 4.79 Å². The van der Waals surface area contributed by atoms with Crippen molar-refractivity contribution in [3.05, 3.63) is 57.8 Å². The number of hydrogen-bond donors (Lipinski definition) is 0. The monoisotopic (exact) mass is 324 g/mol. The summed E-state index contributed by atoms with van der Waals surface area (Å²) in [5.41, 5.74) is 2.49. The molecule has 7 nitrogen and oxygen atoms in total. The van der Waals surface area contributed by atoms with Gasteiger partial charge in [0, 0.05) is 12.5 Å². The fraction of sp³-hybridized carbons (Fsp3) is 0.294. The van der Waals surface area contributed by atoms with Crippen LogP contribution in [0.25, 0.3) is 11.4 Å². The highest BCUT2D eigenvalue weighted by atomic mass is 16.5. The van der Waals surface area contributed by atoms with Crippen LogP contribution in [0.2, 0.25) is 0 Å². The summed E-state index contributed by atoms with van der Waals surface area (Å²) in [6.45, 7) is 2.82. The summed E-state index contributed by atoms with van der Waals surface area (Å²) in [6.07, 6.45) is 3.24. The number of rotatable bonds is 3. The molecule has 0 saturated heterocycles. The minimum atomic E-state index is -0.0786. The quantitative estimate of drug-likeness (QED) is 0.732. The van der Waals surface area contributed by atoms with Gasteiger partial charge in [-0.25, -0.2) is 4.68 Å². The highest BCUT2D eigenvalue weighted by Crippen LogP contribution is 2.20. The van der Waals surface area contributed by atoms with E-state index in [0.29, 0.717) is 30.6 Å². The smallest absolute Gasteiger partial charge is 0.274 e. The third kappa shape index (κ3) is 2.68. The van der Waals surface area contributed by atoms with Gasteiger partial charge in [0.1, 0.15) is 5.75 Å². The number of hydrogen-bond acceptors (Lipinski definition) is 6. The molecule has 4 rings (SSSR count). The number of ether oxygens (including phenoxy) is 1. The first-order valence-corrected chi connectivity index (χ1v) is 7.82. The molecule has 0 spiro atoms. The molecule has 3 aromatic rings. The molecule has 1 aliphatic heterocycles. The lowest BCUT2D eigenvalue weighted by Crippen LogP contribution is -2.29. The van der Waals surface area contributed by atoms with E-state index in [0.717, 1.165) is 29.5 Å². The van der Waals surface area contributed by atoms with Gasteiger partial charge in [-0.15, -0.1) is 0 Å². The van der Waals surface area contributed by atoms with E-state index in [-0.39, 0.29) is 5.56 Å². The van der Waals surface area contributed by atoms with Gasteiger partial charge in [-0.05, 0) is 18.4 Å². The molecule has 122 valence electrons. The van der Waals surface area contributed by atoms with Crippen molar-refractivity contribution in [1.29, 1.82) is 0 Å². The van der Waals surface area contributed by atoms with Gasteiger partial charge >= 0.3 is 0 Å². The zero-order chi connectivity index (χ0) is 16.5. The summed E-state index contributed by atoms with van der Waals surface area (Å²) < 4.78 is 11.9. The normalized spacial score (nSPS) is 13.4. The van der Waals surface area contributed by atoms with Crippen molar-refractivity contribution >= 4 is 0 Å². The number of benzene rings is 1. The van der Waals surface area contributed by atoms with Gasteiger partial charge in [0.2, 0.25) is 11.7 Å². The predicted molar refractivity (Wildman–Crippen MR) is 85.9 cm³/mol. The average molecular weight is 324 g/mol. The van der Waals surface area contributed by atoms with Crippen LogP contribution in [-0.2, 0) is 13.0 Å². The molecule has 1 aliphatic rings. The minimum Gasteiger partial charge on any atom is -0.491 e. The Hall–Kier alpha value is -2.96. The van der Waals surface area contributed by atoms with Crippen molar-refractivity contribution in [2.45, 2.75) is 26.3 Å². The van der Waals surface area contributed by atoms with Gasteiger partial charge in [-0.1, -0.05) is 29.4 Å². The second-order valence-corrected chi connectivity index (χ2v) is 5.74. The lowest BCUT2D eigenvalue weighted by molar-refractivity contribution is 0.282. The third-order valence-corrected chi connectivity index (χ3v) is 4.01. The Morgan fingerprint density at radius 3 is 2.83 bits per heavy atom. The van der Waals surface area contributed by atoms with Crippen LogP contribution in [0.1, 0.15) is 23.4 Å². The van der Waals surface area contributed by atoms with Crippen molar-refractivity contribution in [3.8, 4) is 17.1 Å². The number of aryl methyl sites for hydroxylation is 1. The van der Waals surface area contributed by atoms with E-state index in [2.05, 4.69) is 15.2 Å². The number of fused-ring (bicyclic) bond motifs is 1. The molecule has 0 bridgehead atoms. The first-order valence-electron chi connectivity index (χ1n) is 7.82. The van der Waals surface area contributed by atoms with Crippen LogP contribution in [0.15, 0.2) is 39.8 Å². The molecule has 0 N–H and O–H groups in total. The molecular weight excluding hydrogens is 308 g/mol. The summed E-state index contributed by atoms with van der Waals surface area (Å²) >= 11 is 0. The molecule has 0 fully saturated rings. The van der Waals surface area contributed by atoms with Crippen molar-refractivity contribution in [3.63, 3.8) is 0 Å². The molecule has 0 unspecified atom stereocenters. The van der Waals surface area contributed by atoms with Crippen LogP contribution in [-0.4, -0.2) is 26.5 Å². The van der Waals surface area contributed by atoms with Gasteiger partial charge in [-0.2, -0.15) is 10.1 Å². The average Bonchev–Trinajstić information content (AvgIpc) is 3.05. The summed E-state index contributed by atoms with van der Waals surface area (Å²) in [5.74, 6) is 1.70. The van der Waals surface area contributed by atoms with E-state index in [1.165, 1.54) is 4.68 Å². The standard InChI is InChI=1S/C17H16N4O3/c1-11-19-16(20-24-11)13-6-4-12(5-7-13)10-21-17(22)14-3-2-8-23-15(14)9-18-21/h4-7,9H,2-3,8,10H2,1H3. The maximum atomic E-state index is 12.5. The topological polar surface area (TPSA) is 83.0 Å². The van der Waals surface area contributed by atoms with Crippen molar-refractivity contribution in [2.24, 2.45) is 0 Å². The fourth-order valence-corrected chi connectivity index (χ4v) is 2.76. The first kappa shape index (κ1) is 14.6. The number of aromatic nitrogens is 4. The molecule has 0 amide bonds. The maximum absolute atomic E-state index is 12.5. The Balaban J connectivity index is 1.59. The Morgan fingerprint density at radius 2 is 2.08 bits per heavy atom.